The van der Waals surface area contributed by atoms with Crippen molar-refractivity contribution in [2.24, 2.45) is 0 Å². The van der Waals surface area contributed by atoms with Crippen LogP contribution in [-0.4, -0.2) is 9.97 Å². The molecule has 4 heteroatoms. The predicted molar refractivity (Wildman–Crippen MR) is 59.3 cm³/mol. The van der Waals surface area contributed by atoms with Crippen molar-refractivity contribution in [2.45, 2.75) is 19.8 Å². The second-order valence-corrected chi connectivity index (χ2v) is 3.87. The Morgan fingerprint density at radius 3 is 2.20 bits per heavy atom. The van der Waals surface area contributed by atoms with Gasteiger partial charge in [-0.2, -0.15) is 0 Å². The molecular weight excluding hydrogens is 192 g/mol. The summed E-state index contributed by atoms with van der Waals surface area (Å²) >= 11 is 0. The third-order valence-electron chi connectivity index (χ3n) is 2.41. The molecule has 0 radical (unpaired) electrons. The molecule has 0 aliphatic carbocycles. The van der Waals surface area contributed by atoms with Gasteiger partial charge in [0.1, 0.15) is 0 Å². The Morgan fingerprint density at radius 1 is 1.00 bits per heavy atom. The summed E-state index contributed by atoms with van der Waals surface area (Å²) in [5.41, 5.74) is 1.24. The zero-order valence-corrected chi connectivity index (χ0v) is 8.63. The lowest BCUT2D eigenvalue weighted by Gasteiger charge is -2.05. The van der Waals surface area contributed by atoms with Crippen LogP contribution in [0.5, 0.6) is 0 Å². The Hall–Kier alpha value is -1.84. The van der Waals surface area contributed by atoms with Gasteiger partial charge in [0, 0.05) is 0 Å². The summed E-state index contributed by atoms with van der Waals surface area (Å²) in [6.45, 7) is 4.15. The maximum atomic E-state index is 11.1. The number of aromatic nitrogens is 2. The highest BCUT2D eigenvalue weighted by atomic mass is 16.2. The highest BCUT2D eigenvalue weighted by molar-refractivity contribution is 5.74. The molecule has 4 nitrogen and oxygen atoms in total. The van der Waals surface area contributed by atoms with Gasteiger partial charge < -0.3 is 9.97 Å². The summed E-state index contributed by atoms with van der Waals surface area (Å²) in [5, 5.41) is 0. The molecule has 1 aromatic heterocycles. The molecule has 0 spiro atoms. The summed E-state index contributed by atoms with van der Waals surface area (Å²) in [6.07, 6.45) is 0. The minimum atomic E-state index is -0.611. The highest BCUT2D eigenvalue weighted by Gasteiger charge is 2.02. The third-order valence-corrected chi connectivity index (χ3v) is 2.41. The maximum Gasteiger partial charge on any atom is 0.314 e. The zero-order valence-electron chi connectivity index (χ0n) is 8.63. The van der Waals surface area contributed by atoms with Crippen LogP contribution in [0.4, 0.5) is 0 Å². The molecule has 0 bridgehead atoms. The lowest BCUT2D eigenvalue weighted by Crippen LogP contribution is -2.28. The average molecular weight is 204 g/mol. The number of aromatic amines is 2. The van der Waals surface area contributed by atoms with Crippen molar-refractivity contribution in [3.63, 3.8) is 0 Å². The van der Waals surface area contributed by atoms with E-state index in [1.54, 1.807) is 0 Å². The Morgan fingerprint density at radius 2 is 1.60 bits per heavy atom. The molecule has 0 aliphatic heterocycles. The van der Waals surface area contributed by atoms with E-state index < -0.39 is 11.1 Å². The highest BCUT2D eigenvalue weighted by Crippen LogP contribution is 2.17. The van der Waals surface area contributed by atoms with Gasteiger partial charge >= 0.3 is 11.1 Å². The summed E-state index contributed by atoms with van der Waals surface area (Å²) in [4.78, 5) is 27.2. The number of H-pyrrole nitrogens is 2. The van der Waals surface area contributed by atoms with Crippen LogP contribution >= 0.6 is 0 Å². The van der Waals surface area contributed by atoms with Crippen LogP contribution in [-0.2, 0) is 0 Å². The van der Waals surface area contributed by atoms with E-state index in [2.05, 4.69) is 23.8 Å². The van der Waals surface area contributed by atoms with Crippen LogP contribution in [0.1, 0.15) is 25.3 Å². The van der Waals surface area contributed by atoms with Gasteiger partial charge in [0.25, 0.3) is 0 Å². The van der Waals surface area contributed by atoms with Gasteiger partial charge in [-0.1, -0.05) is 19.9 Å². The first-order valence-electron chi connectivity index (χ1n) is 4.84. The Kier molecular flexibility index (Phi) is 2.19. The summed E-state index contributed by atoms with van der Waals surface area (Å²) in [6, 6.07) is 5.64. The smallest absolute Gasteiger partial charge is 0.314 e. The first-order valence-corrected chi connectivity index (χ1v) is 4.84. The van der Waals surface area contributed by atoms with E-state index in [1.165, 1.54) is 0 Å². The molecular formula is C11H12N2O2. The molecule has 2 N–H and O–H groups in total. The molecule has 78 valence electrons. The standard InChI is InChI=1S/C11H12N2O2/c1-6(2)7-3-4-8-9(5-7)13-11(15)10(14)12-8/h3-6H,1-2H3,(H,12,14)(H,13,15). The van der Waals surface area contributed by atoms with E-state index in [-0.39, 0.29) is 0 Å². The van der Waals surface area contributed by atoms with E-state index in [1.807, 2.05) is 18.2 Å². The van der Waals surface area contributed by atoms with Crippen LogP contribution < -0.4 is 11.1 Å². The van der Waals surface area contributed by atoms with Crippen molar-refractivity contribution in [3.05, 3.63) is 44.5 Å². The van der Waals surface area contributed by atoms with Gasteiger partial charge in [-0.05, 0) is 23.6 Å². The quantitative estimate of drug-likeness (QED) is 0.688. The van der Waals surface area contributed by atoms with E-state index in [9.17, 15) is 9.59 Å². The van der Waals surface area contributed by atoms with Crippen LogP contribution in [0.2, 0.25) is 0 Å². The van der Waals surface area contributed by atoms with Crippen molar-refractivity contribution >= 4 is 11.0 Å². The van der Waals surface area contributed by atoms with Crippen molar-refractivity contribution in [1.82, 2.24) is 9.97 Å². The number of hydrogen-bond donors (Lipinski definition) is 2. The van der Waals surface area contributed by atoms with Gasteiger partial charge in [0.2, 0.25) is 0 Å². The SMILES string of the molecule is CC(C)c1ccc2[nH]c(=O)c(=O)[nH]c2c1. The molecule has 15 heavy (non-hydrogen) atoms. The van der Waals surface area contributed by atoms with Crippen molar-refractivity contribution in [3.8, 4) is 0 Å². The van der Waals surface area contributed by atoms with Gasteiger partial charge in [-0.15, -0.1) is 0 Å². The van der Waals surface area contributed by atoms with Gasteiger partial charge in [-0.3, -0.25) is 9.59 Å². The van der Waals surface area contributed by atoms with Gasteiger partial charge in [0.05, 0.1) is 11.0 Å². The Bertz CT molecular complexity index is 608. The minimum absolute atomic E-state index is 0.393. The van der Waals surface area contributed by atoms with Gasteiger partial charge in [-0.25, -0.2) is 0 Å². The van der Waals surface area contributed by atoms with Crippen molar-refractivity contribution in [1.29, 1.82) is 0 Å². The zero-order chi connectivity index (χ0) is 11.0. The summed E-state index contributed by atoms with van der Waals surface area (Å²) < 4.78 is 0. The van der Waals surface area contributed by atoms with Gasteiger partial charge in [0.15, 0.2) is 0 Å². The minimum Gasteiger partial charge on any atom is -0.316 e. The van der Waals surface area contributed by atoms with Crippen molar-refractivity contribution in [2.75, 3.05) is 0 Å². The first kappa shape index (κ1) is 9.71. The first-order chi connectivity index (χ1) is 7.08. The molecule has 0 atom stereocenters. The molecule has 1 aromatic carbocycles. The molecule has 0 fully saturated rings. The van der Waals surface area contributed by atoms with Crippen LogP contribution in [0.25, 0.3) is 11.0 Å². The van der Waals surface area contributed by atoms with Crippen LogP contribution in [0.3, 0.4) is 0 Å². The number of benzene rings is 1. The topological polar surface area (TPSA) is 65.7 Å². The van der Waals surface area contributed by atoms with E-state index in [4.69, 9.17) is 0 Å². The summed E-state index contributed by atoms with van der Waals surface area (Å²) in [7, 11) is 0. The van der Waals surface area contributed by atoms with Crippen LogP contribution in [0.15, 0.2) is 27.8 Å². The fourth-order valence-electron chi connectivity index (χ4n) is 1.49. The molecule has 2 aromatic rings. The molecule has 0 aliphatic rings. The van der Waals surface area contributed by atoms with E-state index in [0.717, 1.165) is 5.56 Å². The number of hydrogen-bond acceptors (Lipinski definition) is 2. The molecule has 0 saturated heterocycles. The molecule has 2 rings (SSSR count). The Labute approximate surface area is 86.0 Å². The molecule has 0 amide bonds. The lowest BCUT2D eigenvalue weighted by molar-refractivity contribution is 0.867. The maximum absolute atomic E-state index is 11.1. The fourth-order valence-corrected chi connectivity index (χ4v) is 1.49. The molecule has 0 unspecified atom stereocenters. The molecule has 0 saturated carbocycles. The predicted octanol–water partition coefficient (Wildman–Crippen LogP) is 1.34. The fraction of sp³-hybridized carbons (Fsp3) is 0.273. The third kappa shape index (κ3) is 1.70. The monoisotopic (exact) mass is 204 g/mol. The largest absolute Gasteiger partial charge is 0.316 e. The summed E-state index contributed by atoms with van der Waals surface area (Å²) in [5.74, 6) is 0.393. The molecule has 1 heterocycles. The second-order valence-electron chi connectivity index (χ2n) is 3.87. The lowest BCUT2D eigenvalue weighted by atomic mass is 10.0. The Balaban J connectivity index is 2.77. The number of nitrogens with one attached hydrogen (secondary N) is 2. The average Bonchev–Trinajstić information content (AvgIpc) is 2.19. The normalized spacial score (nSPS) is 11.1. The van der Waals surface area contributed by atoms with Crippen LogP contribution in [0, 0.1) is 0 Å². The second kappa shape index (κ2) is 3.38. The van der Waals surface area contributed by atoms with Crippen molar-refractivity contribution < 1.29 is 0 Å². The number of fused-ring (bicyclic) bond motifs is 1. The van der Waals surface area contributed by atoms with E-state index >= 15 is 0 Å². The van der Waals surface area contributed by atoms with E-state index in [0.29, 0.717) is 17.0 Å². The number of rotatable bonds is 1.